The summed E-state index contributed by atoms with van der Waals surface area (Å²) in [5, 5.41) is 17.9. The lowest BCUT2D eigenvalue weighted by atomic mass is 10.0. The molecule has 3 aromatic carbocycles. The molecule has 0 aliphatic rings. The molecule has 0 unspecified atom stereocenters. The number of rotatable bonds is 3. The van der Waals surface area contributed by atoms with E-state index in [4.69, 9.17) is 0 Å². The van der Waals surface area contributed by atoms with E-state index in [-0.39, 0.29) is 0 Å². The van der Waals surface area contributed by atoms with Gasteiger partial charge in [0, 0.05) is 39.2 Å². The highest BCUT2D eigenvalue weighted by Gasteiger charge is 2.16. The van der Waals surface area contributed by atoms with Crippen molar-refractivity contribution in [3.8, 4) is 16.5 Å². The van der Waals surface area contributed by atoms with E-state index in [2.05, 4.69) is 95.0 Å². The zero-order valence-corrected chi connectivity index (χ0v) is 18.1. The molecule has 3 heterocycles. The first-order chi connectivity index (χ1) is 15.7. The van der Waals surface area contributed by atoms with Crippen LogP contribution in [0.15, 0.2) is 79.1 Å². The Hall–Kier alpha value is -4.14. The zero-order chi connectivity index (χ0) is 21.7. The van der Waals surface area contributed by atoms with Crippen molar-refractivity contribution in [1.82, 2.24) is 9.97 Å². The number of aryl methyl sites for hydroxylation is 1. The minimum absolute atomic E-state index is 0.535. The van der Waals surface area contributed by atoms with Gasteiger partial charge in [0.2, 0.25) is 0 Å². The number of thiophene rings is 1. The van der Waals surface area contributed by atoms with Gasteiger partial charge in [-0.05, 0) is 53.1 Å². The number of H-pyrrole nitrogens is 1. The Morgan fingerprint density at radius 2 is 1.84 bits per heavy atom. The summed E-state index contributed by atoms with van der Waals surface area (Å²) in [5.74, 6) is 0. The topological polar surface area (TPSA) is 64.5 Å². The van der Waals surface area contributed by atoms with Crippen LogP contribution in [0.3, 0.4) is 0 Å². The molecule has 0 spiro atoms. The SMILES string of the molecule is Cc1c(Nc2c(C#N)cnc3sc(-c4cccc5ccccc45)cc23)ccc2[nH]ccc12. The van der Waals surface area contributed by atoms with Gasteiger partial charge in [0.25, 0.3) is 0 Å². The molecule has 0 aliphatic carbocycles. The normalized spacial score (nSPS) is 11.2. The maximum absolute atomic E-state index is 9.80. The van der Waals surface area contributed by atoms with E-state index in [1.807, 2.05) is 6.20 Å². The van der Waals surface area contributed by atoms with Gasteiger partial charge in [-0.3, -0.25) is 0 Å². The van der Waals surface area contributed by atoms with Gasteiger partial charge >= 0.3 is 0 Å². The average molecular weight is 431 g/mol. The number of hydrogen-bond donors (Lipinski definition) is 2. The summed E-state index contributed by atoms with van der Waals surface area (Å²) in [5.41, 5.74) is 5.75. The fraction of sp³-hybridized carbons (Fsp3) is 0.0370. The molecule has 6 rings (SSSR count). The number of benzene rings is 3. The predicted molar refractivity (Wildman–Crippen MR) is 134 cm³/mol. The Labute approximate surface area is 188 Å². The summed E-state index contributed by atoms with van der Waals surface area (Å²) < 4.78 is 0. The second-order valence-electron chi connectivity index (χ2n) is 7.82. The second-order valence-corrected chi connectivity index (χ2v) is 8.85. The van der Waals surface area contributed by atoms with Gasteiger partial charge in [-0.15, -0.1) is 11.3 Å². The highest BCUT2D eigenvalue weighted by molar-refractivity contribution is 7.22. The van der Waals surface area contributed by atoms with E-state index >= 15 is 0 Å². The fourth-order valence-corrected chi connectivity index (χ4v) is 5.39. The molecule has 0 bridgehead atoms. The summed E-state index contributed by atoms with van der Waals surface area (Å²) in [7, 11) is 0. The predicted octanol–water partition coefficient (Wildman–Crippen LogP) is 7.52. The highest BCUT2D eigenvalue weighted by Crippen LogP contribution is 2.41. The molecule has 0 atom stereocenters. The number of nitrogens with zero attached hydrogens (tertiary/aromatic N) is 2. The number of fused-ring (bicyclic) bond motifs is 3. The molecule has 5 heteroatoms. The number of pyridine rings is 1. The number of nitriles is 1. The van der Waals surface area contributed by atoms with Crippen LogP contribution in [0.2, 0.25) is 0 Å². The Morgan fingerprint density at radius 3 is 2.75 bits per heavy atom. The smallest absolute Gasteiger partial charge is 0.126 e. The number of anilines is 2. The van der Waals surface area contributed by atoms with E-state index in [9.17, 15) is 5.26 Å². The third-order valence-electron chi connectivity index (χ3n) is 6.00. The van der Waals surface area contributed by atoms with Gasteiger partial charge in [-0.25, -0.2) is 4.98 Å². The van der Waals surface area contributed by atoms with Gasteiger partial charge in [0.1, 0.15) is 10.9 Å². The van der Waals surface area contributed by atoms with Crippen LogP contribution in [0.1, 0.15) is 11.1 Å². The number of aromatic nitrogens is 2. The molecule has 2 N–H and O–H groups in total. The van der Waals surface area contributed by atoms with Crippen LogP contribution < -0.4 is 5.32 Å². The third-order valence-corrected chi connectivity index (χ3v) is 7.08. The van der Waals surface area contributed by atoms with Crippen molar-refractivity contribution in [2.75, 3.05) is 5.32 Å². The number of aromatic amines is 1. The van der Waals surface area contributed by atoms with Crippen LogP contribution in [0.25, 0.3) is 42.3 Å². The fourth-order valence-electron chi connectivity index (χ4n) is 4.34. The minimum Gasteiger partial charge on any atom is -0.361 e. The van der Waals surface area contributed by atoms with Gasteiger partial charge in [0.15, 0.2) is 0 Å². The van der Waals surface area contributed by atoms with Crippen LogP contribution in [-0.2, 0) is 0 Å². The van der Waals surface area contributed by atoms with Crippen molar-refractivity contribution in [3.05, 3.63) is 90.3 Å². The first-order valence-corrected chi connectivity index (χ1v) is 11.2. The lowest BCUT2D eigenvalue weighted by Crippen LogP contribution is -1.97. The molecule has 0 aliphatic heterocycles. The molecule has 4 nitrogen and oxygen atoms in total. The van der Waals surface area contributed by atoms with Crippen molar-refractivity contribution in [3.63, 3.8) is 0 Å². The largest absolute Gasteiger partial charge is 0.361 e. The van der Waals surface area contributed by atoms with Crippen molar-refractivity contribution < 1.29 is 0 Å². The third kappa shape index (κ3) is 2.85. The van der Waals surface area contributed by atoms with Crippen LogP contribution >= 0.6 is 11.3 Å². The summed E-state index contributed by atoms with van der Waals surface area (Å²) in [6, 6.07) is 25.4. The first-order valence-electron chi connectivity index (χ1n) is 10.4. The lowest BCUT2D eigenvalue weighted by Gasteiger charge is -2.12. The average Bonchev–Trinajstić information content (AvgIpc) is 3.48. The number of nitrogens with one attached hydrogen (secondary N) is 2. The molecule has 0 saturated heterocycles. The second kappa shape index (κ2) is 7.23. The van der Waals surface area contributed by atoms with E-state index in [1.165, 1.54) is 21.7 Å². The molecule has 32 heavy (non-hydrogen) atoms. The first kappa shape index (κ1) is 18.6. The summed E-state index contributed by atoms with van der Waals surface area (Å²) in [6.45, 7) is 2.10. The van der Waals surface area contributed by atoms with Crippen molar-refractivity contribution in [1.29, 1.82) is 5.26 Å². The van der Waals surface area contributed by atoms with E-state index in [1.54, 1.807) is 17.5 Å². The maximum atomic E-state index is 9.80. The molecule has 0 saturated carbocycles. The molecule has 0 radical (unpaired) electrons. The standard InChI is InChI=1S/C27H18N4S/c1-16-19-11-12-29-24(19)10-9-23(16)31-26-18(14-28)15-30-27-22(26)13-25(32-27)21-8-4-6-17-5-2-3-7-20(17)21/h2-13,15,29H,1H3,(H,30,31). The molecule has 0 fully saturated rings. The van der Waals surface area contributed by atoms with Crippen LogP contribution in [-0.4, -0.2) is 9.97 Å². The number of hydrogen-bond acceptors (Lipinski definition) is 4. The lowest BCUT2D eigenvalue weighted by molar-refractivity contribution is 1.38. The van der Waals surface area contributed by atoms with Crippen LogP contribution in [0.5, 0.6) is 0 Å². The molecule has 6 aromatic rings. The van der Waals surface area contributed by atoms with Crippen LogP contribution in [0.4, 0.5) is 11.4 Å². The monoisotopic (exact) mass is 430 g/mol. The quantitative estimate of drug-likeness (QED) is 0.305. The van der Waals surface area contributed by atoms with Crippen molar-refractivity contribution in [2.24, 2.45) is 0 Å². The van der Waals surface area contributed by atoms with E-state index in [0.29, 0.717) is 5.56 Å². The summed E-state index contributed by atoms with van der Waals surface area (Å²) in [4.78, 5) is 9.90. The van der Waals surface area contributed by atoms with Gasteiger partial charge in [-0.1, -0.05) is 42.5 Å². The van der Waals surface area contributed by atoms with Gasteiger partial charge in [0.05, 0.1) is 11.3 Å². The highest BCUT2D eigenvalue weighted by atomic mass is 32.1. The Balaban J connectivity index is 1.54. The Kier molecular flexibility index (Phi) is 4.20. The molecule has 152 valence electrons. The minimum atomic E-state index is 0.535. The maximum Gasteiger partial charge on any atom is 0.126 e. The van der Waals surface area contributed by atoms with E-state index in [0.717, 1.165) is 37.5 Å². The Morgan fingerprint density at radius 1 is 0.969 bits per heavy atom. The molecule has 0 amide bonds. The Bertz CT molecular complexity index is 1680. The zero-order valence-electron chi connectivity index (χ0n) is 17.3. The summed E-state index contributed by atoms with van der Waals surface area (Å²) >= 11 is 1.65. The van der Waals surface area contributed by atoms with Crippen molar-refractivity contribution in [2.45, 2.75) is 6.92 Å². The van der Waals surface area contributed by atoms with Crippen molar-refractivity contribution >= 4 is 54.6 Å². The molecular weight excluding hydrogens is 412 g/mol. The molecule has 3 aromatic heterocycles. The van der Waals surface area contributed by atoms with Gasteiger partial charge < -0.3 is 10.3 Å². The van der Waals surface area contributed by atoms with Crippen LogP contribution in [0, 0.1) is 18.3 Å². The van der Waals surface area contributed by atoms with E-state index < -0.39 is 0 Å². The summed E-state index contributed by atoms with van der Waals surface area (Å²) in [6.07, 6.45) is 3.61. The molecular formula is C27H18N4S. The van der Waals surface area contributed by atoms with Gasteiger partial charge in [-0.2, -0.15) is 5.26 Å².